The number of rotatable bonds is 11. The summed E-state index contributed by atoms with van der Waals surface area (Å²) in [5.74, 6) is -0.0686. The molecule has 1 heterocycles. The number of carbonyl (C=O) groups is 2. The summed E-state index contributed by atoms with van der Waals surface area (Å²) >= 11 is 0. The van der Waals surface area contributed by atoms with Crippen LogP contribution in [0.2, 0.25) is 0 Å². The lowest BCUT2D eigenvalue weighted by Gasteiger charge is -2.37. The highest BCUT2D eigenvalue weighted by atomic mass is 16.1. The van der Waals surface area contributed by atoms with Crippen LogP contribution in [0.3, 0.4) is 0 Å². The number of nitrogens with zero attached hydrogens (tertiary/aromatic N) is 2. The molecule has 0 bridgehead atoms. The monoisotopic (exact) mass is 372 g/mol. The highest BCUT2D eigenvalue weighted by Gasteiger charge is 2.23. The molecule has 0 radical (unpaired) electrons. The van der Waals surface area contributed by atoms with Crippen LogP contribution >= 0.6 is 0 Å². The largest absolute Gasteiger partial charge is 0.368 e. The first-order chi connectivity index (χ1) is 13.0. The summed E-state index contributed by atoms with van der Waals surface area (Å²) in [4.78, 5) is 28.9. The molecule has 1 aromatic rings. The molecule has 1 aliphatic rings. The second-order valence-electron chi connectivity index (χ2n) is 7.76. The fourth-order valence-corrected chi connectivity index (χ4v) is 3.97. The fraction of sp³-hybridized carbons (Fsp3) is 0.652. The summed E-state index contributed by atoms with van der Waals surface area (Å²) in [5, 5.41) is 0. The maximum absolute atomic E-state index is 12.2. The Morgan fingerprint density at radius 3 is 2.07 bits per heavy atom. The lowest BCUT2D eigenvalue weighted by Crippen LogP contribution is -2.47. The third-order valence-electron chi connectivity index (χ3n) is 5.56. The number of ketones is 2. The van der Waals surface area contributed by atoms with Gasteiger partial charge in [0.2, 0.25) is 0 Å². The average molecular weight is 373 g/mol. The molecule has 0 amide bonds. The zero-order valence-corrected chi connectivity index (χ0v) is 17.4. The number of hydrogen-bond donors (Lipinski definition) is 0. The van der Waals surface area contributed by atoms with Gasteiger partial charge in [-0.2, -0.15) is 0 Å². The molecule has 0 spiro atoms. The number of piperazine rings is 1. The quantitative estimate of drug-likeness (QED) is 0.406. The van der Waals surface area contributed by atoms with Gasteiger partial charge >= 0.3 is 0 Å². The summed E-state index contributed by atoms with van der Waals surface area (Å²) < 4.78 is 0. The fourth-order valence-electron chi connectivity index (χ4n) is 3.97. The SMILES string of the molecule is CCCCCCCCCN1CCN(c2cccc(C(C)=O)c2C(C)=O)CC1. The number of unbranched alkanes of at least 4 members (excludes halogenated alkanes) is 6. The Kier molecular flexibility index (Phi) is 8.99. The summed E-state index contributed by atoms with van der Waals surface area (Å²) in [6.07, 6.45) is 9.42. The number of carbonyl (C=O) groups excluding carboxylic acids is 2. The van der Waals surface area contributed by atoms with Crippen molar-refractivity contribution in [3.63, 3.8) is 0 Å². The van der Waals surface area contributed by atoms with Gasteiger partial charge in [0.05, 0.1) is 5.56 Å². The Morgan fingerprint density at radius 2 is 1.48 bits per heavy atom. The van der Waals surface area contributed by atoms with Crippen LogP contribution in [0.4, 0.5) is 5.69 Å². The van der Waals surface area contributed by atoms with Gasteiger partial charge in [-0.25, -0.2) is 0 Å². The van der Waals surface area contributed by atoms with E-state index < -0.39 is 0 Å². The van der Waals surface area contributed by atoms with Gasteiger partial charge in [0.25, 0.3) is 0 Å². The Hall–Kier alpha value is -1.68. The minimum Gasteiger partial charge on any atom is -0.368 e. The van der Waals surface area contributed by atoms with Crippen LogP contribution in [-0.2, 0) is 0 Å². The number of Topliss-reactive ketones (excluding diaryl/α,β-unsaturated/α-hetero) is 2. The molecule has 1 aromatic carbocycles. The lowest BCUT2D eigenvalue weighted by molar-refractivity contribution is 0.0981. The van der Waals surface area contributed by atoms with Gasteiger partial charge in [0.1, 0.15) is 0 Å². The highest BCUT2D eigenvalue weighted by molar-refractivity contribution is 6.10. The number of anilines is 1. The number of hydrogen-bond acceptors (Lipinski definition) is 4. The van der Waals surface area contributed by atoms with Crippen molar-refractivity contribution in [2.75, 3.05) is 37.6 Å². The summed E-state index contributed by atoms with van der Waals surface area (Å²) in [5.41, 5.74) is 2.06. The van der Waals surface area contributed by atoms with E-state index in [9.17, 15) is 9.59 Å². The zero-order valence-electron chi connectivity index (χ0n) is 17.4. The van der Waals surface area contributed by atoms with Crippen molar-refractivity contribution in [2.24, 2.45) is 0 Å². The minimum atomic E-state index is -0.0420. The third-order valence-corrected chi connectivity index (χ3v) is 5.56. The maximum Gasteiger partial charge on any atom is 0.162 e. The second-order valence-corrected chi connectivity index (χ2v) is 7.76. The standard InChI is InChI=1S/C23H36N2O2/c1-4-5-6-7-8-9-10-14-24-15-17-25(18-16-24)22-13-11-12-21(19(2)26)23(22)20(3)27/h11-13H,4-10,14-18H2,1-3H3. The average Bonchev–Trinajstić information content (AvgIpc) is 2.67. The lowest BCUT2D eigenvalue weighted by atomic mass is 9.98. The highest BCUT2D eigenvalue weighted by Crippen LogP contribution is 2.26. The molecule has 2 rings (SSSR count). The smallest absolute Gasteiger partial charge is 0.162 e. The molecular weight excluding hydrogens is 336 g/mol. The van der Waals surface area contributed by atoms with Gasteiger partial charge in [-0.05, 0) is 32.9 Å². The van der Waals surface area contributed by atoms with Crippen LogP contribution in [-0.4, -0.2) is 49.2 Å². The molecule has 0 saturated carbocycles. The van der Waals surface area contributed by atoms with Crippen LogP contribution in [0.1, 0.15) is 86.4 Å². The van der Waals surface area contributed by atoms with Crippen molar-refractivity contribution in [1.29, 1.82) is 0 Å². The molecule has 4 heteroatoms. The van der Waals surface area contributed by atoms with Gasteiger partial charge in [0, 0.05) is 37.4 Å². The predicted molar refractivity (Wildman–Crippen MR) is 113 cm³/mol. The van der Waals surface area contributed by atoms with E-state index in [-0.39, 0.29) is 11.6 Å². The van der Waals surface area contributed by atoms with Gasteiger partial charge in [-0.15, -0.1) is 0 Å². The van der Waals surface area contributed by atoms with E-state index in [0.717, 1.165) is 31.9 Å². The summed E-state index contributed by atoms with van der Waals surface area (Å²) in [6, 6.07) is 5.64. The van der Waals surface area contributed by atoms with E-state index >= 15 is 0 Å². The van der Waals surface area contributed by atoms with Crippen molar-refractivity contribution < 1.29 is 9.59 Å². The predicted octanol–water partition coefficient (Wildman–Crippen LogP) is 4.96. The molecule has 1 aliphatic heterocycles. The molecule has 0 N–H and O–H groups in total. The molecule has 4 nitrogen and oxygen atoms in total. The van der Waals surface area contributed by atoms with Crippen molar-refractivity contribution in [2.45, 2.75) is 65.7 Å². The molecule has 150 valence electrons. The molecular formula is C23H36N2O2. The maximum atomic E-state index is 12.2. The molecule has 0 aliphatic carbocycles. The van der Waals surface area contributed by atoms with Gasteiger partial charge < -0.3 is 4.90 Å². The van der Waals surface area contributed by atoms with Crippen molar-refractivity contribution in [3.05, 3.63) is 29.3 Å². The van der Waals surface area contributed by atoms with Gasteiger partial charge in [-0.1, -0.05) is 57.6 Å². The Labute approximate surface area is 164 Å². The molecule has 27 heavy (non-hydrogen) atoms. The molecule has 1 fully saturated rings. The third kappa shape index (κ3) is 6.46. The topological polar surface area (TPSA) is 40.6 Å². The van der Waals surface area contributed by atoms with Crippen molar-refractivity contribution in [3.8, 4) is 0 Å². The first-order valence-corrected chi connectivity index (χ1v) is 10.7. The zero-order chi connectivity index (χ0) is 19.6. The molecule has 0 unspecified atom stereocenters. The van der Waals surface area contributed by atoms with Crippen LogP contribution < -0.4 is 4.90 Å². The number of benzene rings is 1. The molecule has 1 saturated heterocycles. The Balaban J connectivity index is 1.83. The van der Waals surface area contributed by atoms with Crippen molar-refractivity contribution >= 4 is 17.3 Å². The normalized spacial score (nSPS) is 15.1. The van der Waals surface area contributed by atoms with Gasteiger partial charge in [-0.3, -0.25) is 14.5 Å². The first-order valence-electron chi connectivity index (χ1n) is 10.7. The summed E-state index contributed by atoms with van der Waals surface area (Å²) in [6.45, 7) is 10.4. The van der Waals surface area contributed by atoms with E-state index in [4.69, 9.17) is 0 Å². The first kappa shape index (κ1) is 21.6. The van der Waals surface area contributed by atoms with E-state index in [1.54, 1.807) is 13.0 Å². The van der Waals surface area contributed by atoms with E-state index in [1.165, 1.54) is 58.4 Å². The Morgan fingerprint density at radius 1 is 0.852 bits per heavy atom. The van der Waals surface area contributed by atoms with Crippen LogP contribution in [0.25, 0.3) is 0 Å². The second kappa shape index (κ2) is 11.2. The van der Waals surface area contributed by atoms with E-state index in [1.807, 2.05) is 12.1 Å². The molecule has 0 aromatic heterocycles. The van der Waals surface area contributed by atoms with Gasteiger partial charge in [0.15, 0.2) is 11.6 Å². The van der Waals surface area contributed by atoms with E-state index in [2.05, 4.69) is 16.7 Å². The molecule has 0 atom stereocenters. The van der Waals surface area contributed by atoms with Crippen molar-refractivity contribution in [1.82, 2.24) is 4.90 Å². The van der Waals surface area contributed by atoms with E-state index in [0.29, 0.717) is 11.1 Å². The van der Waals surface area contributed by atoms with Crippen LogP contribution in [0.5, 0.6) is 0 Å². The Bertz CT molecular complexity index is 619. The van der Waals surface area contributed by atoms with Crippen LogP contribution in [0, 0.1) is 0 Å². The minimum absolute atomic E-state index is 0.0266. The summed E-state index contributed by atoms with van der Waals surface area (Å²) in [7, 11) is 0. The van der Waals surface area contributed by atoms with Crippen LogP contribution in [0.15, 0.2) is 18.2 Å².